The van der Waals surface area contributed by atoms with Crippen LogP contribution < -0.4 is 15.8 Å². The van der Waals surface area contributed by atoms with E-state index in [1.54, 1.807) is 12.0 Å². The number of aromatic nitrogens is 6. The number of nitrogens with zero attached hydrogens (tertiary/aromatic N) is 6. The number of H-pyrrole nitrogens is 1. The van der Waals surface area contributed by atoms with E-state index in [0.717, 1.165) is 18.6 Å². The molecule has 3 atom stereocenters. The number of nitrogens with one attached hydrogen (secondary N) is 2. The van der Waals surface area contributed by atoms with E-state index < -0.39 is 40.8 Å². The first-order chi connectivity index (χ1) is 18.3. The Kier molecular flexibility index (Phi) is 8.08. The minimum atomic E-state index is -4.86. The fraction of sp³-hybridized carbons (Fsp3) is 0.545. The van der Waals surface area contributed by atoms with Gasteiger partial charge in [-0.3, -0.25) is 4.79 Å². The molecule has 0 aliphatic carbocycles. The van der Waals surface area contributed by atoms with Crippen molar-refractivity contribution in [2.45, 2.75) is 63.7 Å². The molecule has 2 N–H and O–H groups in total. The van der Waals surface area contributed by atoms with E-state index >= 15 is 0 Å². The smallest absolute Gasteiger partial charge is 0.378 e. The van der Waals surface area contributed by atoms with Gasteiger partial charge in [-0.15, -0.1) is 0 Å². The van der Waals surface area contributed by atoms with Gasteiger partial charge in [-0.05, 0) is 26.7 Å². The van der Waals surface area contributed by atoms with E-state index in [-0.39, 0.29) is 37.0 Å². The maximum atomic E-state index is 13.2. The fourth-order valence-corrected chi connectivity index (χ4v) is 4.23. The molecule has 0 bridgehead atoms. The van der Waals surface area contributed by atoms with Crippen LogP contribution in [0.5, 0.6) is 0 Å². The van der Waals surface area contributed by atoms with Crippen molar-refractivity contribution in [2.75, 3.05) is 23.4 Å². The third-order valence-corrected chi connectivity index (χ3v) is 6.08. The Hall–Kier alpha value is -3.76. The minimum absolute atomic E-state index is 0.0373. The second-order valence-electron chi connectivity index (χ2n) is 9.13. The summed E-state index contributed by atoms with van der Waals surface area (Å²) in [5.74, 6) is 0.751. The highest BCUT2D eigenvalue weighted by atomic mass is 19.4. The second kappa shape index (κ2) is 11.2. The molecule has 0 aromatic carbocycles. The Bertz CT molecular complexity index is 1310. The van der Waals surface area contributed by atoms with Crippen LogP contribution in [0.3, 0.4) is 0 Å². The lowest BCUT2D eigenvalue weighted by Gasteiger charge is -2.36. The normalized spacial score (nSPS) is 19.2. The van der Waals surface area contributed by atoms with Crippen LogP contribution in [0.2, 0.25) is 0 Å². The van der Waals surface area contributed by atoms with E-state index in [0.29, 0.717) is 25.2 Å². The summed E-state index contributed by atoms with van der Waals surface area (Å²) in [7, 11) is 0. The Balaban J connectivity index is 1.28. The number of hydrogen-bond acceptors (Lipinski definition) is 10. The first-order valence-corrected chi connectivity index (χ1v) is 11.8. The fourth-order valence-electron chi connectivity index (χ4n) is 4.23. The Morgan fingerprint density at radius 1 is 1.18 bits per heavy atom. The van der Waals surface area contributed by atoms with Crippen LogP contribution in [0.4, 0.5) is 38.0 Å². The summed E-state index contributed by atoms with van der Waals surface area (Å²) in [5.41, 5.74) is -4.12. The van der Waals surface area contributed by atoms with Gasteiger partial charge in [-0.1, -0.05) is 5.16 Å². The summed E-state index contributed by atoms with van der Waals surface area (Å²) in [4.78, 5) is 25.5. The molecule has 1 aliphatic heterocycles. The molecule has 3 aromatic rings. The number of ether oxygens (including phenoxy) is 1. The topological polar surface area (TPSA) is 135 Å². The van der Waals surface area contributed by atoms with Crippen molar-refractivity contribution in [3.8, 4) is 0 Å². The number of alkyl halides is 6. The zero-order valence-electron chi connectivity index (χ0n) is 20.7. The van der Waals surface area contributed by atoms with E-state index in [2.05, 4.69) is 30.5 Å². The first-order valence-electron chi connectivity index (χ1n) is 11.8. The van der Waals surface area contributed by atoms with E-state index in [4.69, 9.17) is 9.26 Å². The number of aromatic amines is 1. The highest BCUT2D eigenvalue weighted by Crippen LogP contribution is 2.34. The van der Waals surface area contributed by atoms with Gasteiger partial charge in [0.1, 0.15) is 12.2 Å². The summed E-state index contributed by atoms with van der Waals surface area (Å²) in [6, 6.07) is -0.721. The molecule has 3 unspecified atom stereocenters. The van der Waals surface area contributed by atoms with Crippen LogP contribution in [-0.4, -0.2) is 55.5 Å². The van der Waals surface area contributed by atoms with Crippen LogP contribution >= 0.6 is 0 Å². The van der Waals surface area contributed by atoms with Gasteiger partial charge < -0.3 is 19.5 Å². The zero-order valence-corrected chi connectivity index (χ0v) is 20.7. The van der Waals surface area contributed by atoms with Crippen LogP contribution in [-0.2, 0) is 23.7 Å². The van der Waals surface area contributed by atoms with Crippen molar-refractivity contribution >= 4 is 11.6 Å². The van der Waals surface area contributed by atoms with Gasteiger partial charge in [-0.25, -0.2) is 15.1 Å². The van der Waals surface area contributed by atoms with Crippen LogP contribution in [0.1, 0.15) is 55.4 Å². The van der Waals surface area contributed by atoms with Crippen molar-refractivity contribution in [2.24, 2.45) is 0 Å². The summed E-state index contributed by atoms with van der Waals surface area (Å²) >= 11 is 0. The van der Waals surface area contributed by atoms with Gasteiger partial charge in [0, 0.05) is 36.9 Å². The standard InChI is InChI=1S/C22H24F6N8O3/c1-11(32-15-8-31-34-19(37)17(15)22(26,27)28)9-38-10-16-33-18(35-39-16)13-3-4-36(12(2)5-13)20-29-6-14(7-30-20)21(23,24)25/h6-8,11-13H,3-5,9-10H2,1-2H3,(H2,32,34,37). The highest BCUT2D eigenvalue weighted by molar-refractivity contribution is 5.50. The molecule has 0 saturated carbocycles. The number of rotatable bonds is 8. The number of anilines is 2. The maximum Gasteiger partial charge on any atom is 0.423 e. The third-order valence-electron chi connectivity index (χ3n) is 6.08. The Morgan fingerprint density at radius 2 is 1.90 bits per heavy atom. The molecule has 11 nitrogen and oxygen atoms in total. The van der Waals surface area contributed by atoms with Crippen LogP contribution in [0.25, 0.3) is 0 Å². The minimum Gasteiger partial charge on any atom is -0.378 e. The lowest BCUT2D eigenvalue weighted by Crippen LogP contribution is -2.41. The predicted octanol–water partition coefficient (Wildman–Crippen LogP) is 3.77. The average molecular weight is 562 g/mol. The van der Waals surface area contributed by atoms with Crippen LogP contribution in [0, 0.1) is 0 Å². The molecule has 1 saturated heterocycles. The lowest BCUT2D eigenvalue weighted by molar-refractivity contribution is -0.139. The number of hydrogen-bond donors (Lipinski definition) is 2. The Labute approximate surface area is 217 Å². The van der Waals surface area contributed by atoms with Gasteiger partial charge in [-0.2, -0.15) is 36.4 Å². The molecule has 0 radical (unpaired) electrons. The molecule has 17 heteroatoms. The SMILES string of the molecule is CC(COCc1nc(C2CCN(c3ncc(C(F)(F)F)cn3)C(C)C2)no1)Nc1cn[nH]c(=O)c1C(F)(F)F. The van der Waals surface area contributed by atoms with Crippen molar-refractivity contribution in [3.63, 3.8) is 0 Å². The molecule has 39 heavy (non-hydrogen) atoms. The first kappa shape index (κ1) is 28.3. The maximum absolute atomic E-state index is 13.2. The molecule has 1 fully saturated rings. The van der Waals surface area contributed by atoms with Gasteiger partial charge in [0.15, 0.2) is 5.82 Å². The van der Waals surface area contributed by atoms with Crippen molar-refractivity contribution in [1.82, 2.24) is 30.3 Å². The molecule has 3 aromatic heterocycles. The molecule has 4 heterocycles. The quantitative estimate of drug-likeness (QED) is 0.391. The number of piperidine rings is 1. The molecule has 0 spiro atoms. The molecule has 212 valence electrons. The highest BCUT2D eigenvalue weighted by Gasteiger charge is 2.38. The summed E-state index contributed by atoms with van der Waals surface area (Å²) in [6.07, 6.45) is -5.82. The van der Waals surface area contributed by atoms with Crippen LogP contribution in [0.15, 0.2) is 27.9 Å². The summed E-state index contributed by atoms with van der Waals surface area (Å²) in [6.45, 7) is 3.80. The largest absolute Gasteiger partial charge is 0.423 e. The van der Waals surface area contributed by atoms with Crippen molar-refractivity contribution < 1.29 is 35.6 Å². The second-order valence-corrected chi connectivity index (χ2v) is 9.13. The molecule has 1 aliphatic rings. The average Bonchev–Trinajstić information content (AvgIpc) is 3.32. The van der Waals surface area contributed by atoms with Gasteiger partial charge in [0.05, 0.1) is 24.1 Å². The number of halogens is 6. The molecular weight excluding hydrogens is 538 g/mol. The molecule has 0 amide bonds. The third kappa shape index (κ3) is 6.82. The summed E-state index contributed by atoms with van der Waals surface area (Å²) in [5, 5.41) is 11.7. The van der Waals surface area contributed by atoms with Crippen molar-refractivity contribution in [1.29, 1.82) is 0 Å². The van der Waals surface area contributed by atoms with Gasteiger partial charge in [0.25, 0.3) is 11.4 Å². The molecule has 4 rings (SSSR count). The van der Waals surface area contributed by atoms with E-state index in [1.807, 2.05) is 11.8 Å². The van der Waals surface area contributed by atoms with E-state index in [9.17, 15) is 31.1 Å². The van der Waals surface area contributed by atoms with Gasteiger partial charge >= 0.3 is 12.4 Å². The van der Waals surface area contributed by atoms with Crippen molar-refractivity contribution in [3.05, 3.63) is 51.8 Å². The molecular formula is C22H24F6N8O3. The predicted molar refractivity (Wildman–Crippen MR) is 123 cm³/mol. The Morgan fingerprint density at radius 3 is 2.54 bits per heavy atom. The lowest BCUT2D eigenvalue weighted by atomic mass is 9.91. The van der Waals surface area contributed by atoms with E-state index in [1.165, 1.54) is 0 Å². The monoisotopic (exact) mass is 562 g/mol. The summed E-state index contributed by atoms with van der Waals surface area (Å²) < 4.78 is 88.6. The van der Waals surface area contributed by atoms with Gasteiger partial charge in [0.2, 0.25) is 5.95 Å². The zero-order chi connectivity index (χ0) is 28.4.